The van der Waals surface area contributed by atoms with E-state index in [0.29, 0.717) is 15.9 Å². The average molecular weight is 268 g/mol. The zero-order chi connectivity index (χ0) is 13.4. The normalized spacial score (nSPS) is 12.9. The van der Waals surface area contributed by atoms with Gasteiger partial charge in [0.2, 0.25) is 0 Å². The summed E-state index contributed by atoms with van der Waals surface area (Å²) in [6.07, 6.45) is -0.375. The van der Waals surface area contributed by atoms with E-state index >= 15 is 0 Å². The van der Waals surface area contributed by atoms with Crippen LogP contribution in [0.4, 0.5) is 0 Å². The van der Waals surface area contributed by atoms with Crippen molar-refractivity contribution in [3.05, 3.63) is 44.1 Å². The van der Waals surface area contributed by atoms with Gasteiger partial charge in [0.1, 0.15) is 0 Å². The van der Waals surface area contributed by atoms with Gasteiger partial charge in [-0.15, -0.1) is 0 Å². The second-order valence-electron chi connectivity index (χ2n) is 4.12. The number of aryl methyl sites for hydroxylation is 1. The van der Waals surface area contributed by atoms with Crippen LogP contribution in [-0.4, -0.2) is 16.2 Å². The zero-order valence-corrected chi connectivity index (χ0v) is 11.2. The van der Waals surface area contributed by atoms with Crippen LogP contribution in [0.5, 0.6) is 0 Å². The maximum Gasteiger partial charge on any atom is 0.332 e. The van der Waals surface area contributed by atoms with E-state index in [-0.39, 0.29) is 17.4 Å². The molecule has 0 amide bonds. The van der Waals surface area contributed by atoms with Crippen molar-refractivity contribution >= 4 is 22.5 Å². The Labute approximate surface area is 109 Å². The molecule has 2 aromatic rings. The van der Waals surface area contributed by atoms with E-state index in [1.165, 1.54) is 9.13 Å². The molecule has 1 unspecified atom stereocenters. The molecule has 1 heterocycles. The summed E-state index contributed by atoms with van der Waals surface area (Å²) in [6, 6.07) is 5.03. The highest BCUT2D eigenvalue weighted by Crippen LogP contribution is 2.19. The van der Waals surface area contributed by atoms with E-state index in [1.54, 1.807) is 39.2 Å². The highest BCUT2D eigenvalue weighted by molar-refractivity contribution is 6.35. The van der Waals surface area contributed by atoms with E-state index in [1.807, 2.05) is 0 Å². The number of aromatic nitrogens is 2. The summed E-state index contributed by atoms with van der Waals surface area (Å²) in [5.74, 6) is 0. The maximum absolute atomic E-state index is 12.3. The Kier molecular flexibility index (Phi) is 3.28. The van der Waals surface area contributed by atoms with Crippen LogP contribution in [0.15, 0.2) is 27.8 Å². The van der Waals surface area contributed by atoms with Crippen LogP contribution >= 0.6 is 11.6 Å². The highest BCUT2D eigenvalue weighted by atomic mass is 35.5. The first kappa shape index (κ1) is 12.9. The lowest BCUT2D eigenvalue weighted by Crippen LogP contribution is -2.44. The van der Waals surface area contributed by atoms with E-state index < -0.39 is 0 Å². The van der Waals surface area contributed by atoms with Crippen LogP contribution < -0.4 is 16.6 Å². The van der Waals surface area contributed by atoms with E-state index in [2.05, 4.69) is 5.32 Å². The molecule has 5 nitrogen and oxygen atoms in total. The van der Waals surface area contributed by atoms with Gasteiger partial charge in [0.15, 0.2) is 0 Å². The van der Waals surface area contributed by atoms with Crippen molar-refractivity contribution in [3.63, 3.8) is 0 Å². The topological polar surface area (TPSA) is 56.0 Å². The van der Waals surface area contributed by atoms with Crippen molar-refractivity contribution in [1.82, 2.24) is 14.5 Å². The summed E-state index contributed by atoms with van der Waals surface area (Å²) in [4.78, 5) is 24.5. The molecular weight excluding hydrogens is 254 g/mol. The minimum atomic E-state index is -0.387. The first-order chi connectivity index (χ1) is 8.49. The van der Waals surface area contributed by atoms with Gasteiger partial charge < -0.3 is 5.32 Å². The molecule has 0 aliphatic heterocycles. The molecule has 1 aromatic carbocycles. The molecule has 18 heavy (non-hydrogen) atoms. The molecule has 0 aliphatic rings. The molecule has 1 atom stereocenters. The van der Waals surface area contributed by atoms with Crippen LogP contribution in [0, 0.1) is 0 Å². The van der Waals surface area contributed by atoms with Crippen molar-refractivity contribution in [2.45, 2.75) is 13.1 Å². The number of halogens is 1. The maximum atomic E-state index is 12.3. The quantitative estimate of drug-likeness (QED) is 0.886. The highest BCUT2D eigenvalue weighted by Gasteiger charge is 2.15. The molecule has 0 radical (unpaired) electrons. The van der Waals surface area contributed by atoms with Gasteiger partial charge in [0.25, 0.3) is 5.56 Å². The molecule has 0 saturated carbocycles. The van der Waals surface area contributed by atoms with Gasteiger partial charge in [0.05, 0.1) is 22.1 Å². The number of nitrogens with zero attached hydrogens (tertiary/aromatic N) is 2. The Morgan fingerprint density at radius 3 is 2.61 bits per heavy atom. The fourth-order valence-corrected chi connectivity index (χ4v) is 2.27. The fraction of sp³-hybridized carbons (Fsp3) is 0.333. The van der Waals surface area contributed by atoms with E-state index in [0.717, 1.165) is 0 Å². The third-order valence-electron chi connectivity index (χ3n) is 3.07. The van der Waals surface area contributed by atoms with Crippen LogP contribution in [0.3, 0.4) is 0 Å². The molecule has 0 spiro atoms. The van der Waals surface area contributed by atoms with Crippen molar-refractivity contribution < 1.29 is 0 Å². The number of hydrogen-bond acceptors (Lipinski definition) is 3. The van der Waals surface area contributed by atoms with Crippen molar-refractivity contribution in [3.8, 4) is 0 Å². The van der Waals surface area contributed by atoms with Crippen LogP contribution in [0.25, 0.3) is 10.9 Å². The monoisotopic (exact) mass is 267 g/mol. The zero-order valence-electron chi connectivity index (χ0n) is 10.4. The standard InChI is InChI=1S/C12H14ClN3O2/c1-7(14-2)16-11(17)8-5-4-6-9(13)10(8)15(3)12(16)18/h4-7,14H,1-3H3. The van der Waals surface area contributed by atoms with Gasteiger partial charge in [-0.1, -0.05) is 17.7 Å². The minimum absolute atomic E-state index is 0.336. The second-order valence-corrected chi connectivity index (χ2v) is 4.52. The van der Waals surface area contributed by atoms with Crippen molar-refractivity contribution in [2.75, 3.05) is 7.05 Å². The first-order valence-electron chi connectivity index (χ1n) is 5.56. The molecule has 0 aliphatic carbocycles. The minimum Gasteiger partial charge on any atom is -0.300 e. The Balaban J connectivity index is 3.03. The Morgan fingerprint density at radius 2 is 2.00 bits per heavy atom. The van der Waals surface area contributed by atoms with Gasteiger partial charge in [-0.05, 0) is 26.1 Å². The van der Waals surface area contributed by atoms with E-state index in [4.69, 9.17) is 11.6 Å². The SMILES string of the molecule is CNC(C)n1c(=O)c2cccc(Cl)c2n(C)c1=O. The molecular formula is C12H14ClN3O2. The number of benzene rings is 1. The summed E-state index contributed by atoms with van der Waals surface area (Å²) >= 11 is 6.05. The Bertz CT molecular complexity index is 718. The average Bonchev–Trinajstić information content (AvgIpc) is 2.35. The van der Waals surface area contributed by atoms with Gasteiger partial charge in [-0.2, -0.15) is 0 Å². The lowest BCUT2D eigenvalue weighted by atomic mass is 10.2. The predicted octanol–water partition coefficient (Wildman–Crippen LogP) is 1.09. The molecule has 6 heteroatoms. The molecule has 96 valence electrons. The molecule has 2 rings (SSSR count). The van der Waals surface area contributed by atoms with Gasteiger partial charge in [-0.25, -0.2) is 9.36 Å². The number of fused-ring (bicyclic) bond motifs is 1. The van der Waals surface area contributed by atoms with Gasteiger partial charge >= 0.3 is 5.69 Å². The smallest absolute Gasteiger partial charge is 0.300 e. The number of rotatable bonds is 2. The molecule has 0 bridgehead atoms. The summed E-state index contributed by atoms with van der Waals surface area (Å²) in [6.45, 7) is 1.75. The summed E-state index contributed by atoms with van der Waals surface area (Å²) in [5.41, 5.74) is -0.256. The third kappa shape index (κ3) is 1.76. The Hall–Kier alpha value is -1.59. The van der Waals surface area contributed by atoms with E-state index in [9.17, 15) is 9.59 Å². The molecule has 0 fully saturated rings. The fourth-order valence-electron chi connectivity index (χ4n) is 1.97. The number of para-hydroxylation sites is 1. The van der Waals surface area contributed by atoms with Gasteiger partial charge in [-0.3, -0.25) is 9.36 Å². The second kappa shape index (κ2) is 4.59. The summed E-state index contributed by atoms with van der Waals surface area (Å²) in [5, 5.41) is 3.72. The third-order valence-corrected chi connectivity index (χ3v) is 3.37. The number of hydrogen-bond donors (Lipinski definition) is 1. The summed E-state index contributed by atoms with van der Waals surface area (Å²) in [7, 11) is 3.30. The number of nitrogens with one attached hydrogen (secondary N) is 1. The summed E-state index contributed by atoms with van der Waals surface area (Å²) < 4.78 is 2.57. The predicted molar refractivity (Wildman–Crippen MR) is 72.2 cm³/mol. The first-order valence-corrected chi connectivity index (χ1v) is 5.94. The lowest BCUT2D eigenvalue weighted by molar-refractivity contribution is 0.437. The van der Waals surface area contributed by atoms with Crippen LogP contribution in [-0.2, 0) is 7.05 Å². The van der Waals surface area contributed by atoms with Crippen LogP contribution in [0.1, 0.15) is 13.1 Å². The van der Waals surface area contributed by atoms with Crippen molar-refractivity contribution in [2.24, 2.45) is 7.05 Å². The molecule has 1 aromatic heterocycles. The Morgan fingerprint density at radius 1 is 1.33 bits per heavy atom. The van der Waals surface area contributed by atoms with Crippen molar-refractivity contribution in [1.29, 1.82) is 0 Å². The molecule has 1 N–H and O–H groups in total. The lowest BCUT2D eigenvalue weighted by Gasteiger charge is -2.16. The van der Waals surface area contributed by atoms with Crippen LogP contribution in [0.2, 0.25) is 5.02 Å². The molecule has 0 saturated heterocycles. The van der Waals surface area contributed by atoms with Gasteiger partial charge in [0, 0.05) is 7.05 Å². The largest absolute Gasteiger partial charge is 0.332 e.